The maximum absolute atomic E-state index is 12.7. The number of hydrogen-bond donors (Lipinski definition) is 1. The van der Waals surface area contributed by atoms with Gasteiger partial charge in [-0.2, -0.15) is 5.10 Å². The molecule has 0 saturated carbocycles. The molecule has 1 aromatic carbocycles. The van der Waals surface area contributed by atoms with Gasteiger partial charge in [-0.05, 0) is 32.0 Å². The summed E-state index contributed by atoms with van der Waals surface area (Å²) in [5.74, 6) is -0.845. The molecule has 2 aromatic heterocycles. The molecule has 0 spiro atoms. The second kappa shape index (κ2) is 6.36. The zero-order valence-corrected chi connectivity index (χ0v) is 15.7. The van der Waals surface area contributed by atoms with Crippen molar-refractivity contribution in [2.75, 3.05) is 12.4 Å². The molecule has 130 valence electrons. The Morgan fingerprint density at radius 3 is 2.72 bits per heavy atom. The van der Waals surface area contributed by atoms with Crippen LogP contribution in [0.25, 0.3) is 11.0 Å². The van der Waals surface area contributed by atoms with Gasteiger partial charge in [0.05, 0.1) is 18.5 Å². The smallest absolute Gasteiger partial charge is 0.358 e. The number of nitrogens with one attached hydrogen (secondary N) is 1. The molecular weight excluding hydrogens is 390 g/mol. The third-order valence-corrected chi connectivity index (χ3v) is 4.44. The van der Waals surface area contributed by atoms with Crippen LogP contribution < -0.4 is 5.32 Å². The molecule has 1 amide bonds. The first kappa shape index (κ1) is 17.2. The Balaban J connectivity index is 2.01. The van der Waals surface area contributed by atoms with Crippen molar-refractivity contribution < 1.29 is 18.7 Å². The summed E-state index contributed by atoms with van der Waals surface area (Å²) in [5.41, 5.74) is 2.31. The van der Waals surface area contributed by atoms with E-state index in [0.717, 1.165) is 15.4 Å². The van der Waals surface area contributed by atoms with Crippen molar-refractivity contribution >= 4 is 44.5 Å². The molecule has 0 bridgehead atoms. The summed E-state index contributed by atoms with van der Waals surface area (Å²) < 4.78 is 12.7. The average Bonchev–Trinajstić information content (AvgIpc) is 3.03. The lowest BCUT2D eigenvalue weighted by Crippen LogP contribution is -2.17. The van der Waals surface area contributed by atoms with Crippen LogP contribution in [-0.2, 0) is 11.8 Å². The van der Waals surface area contributed by atoms with Crippen molar-refractivity contribution in [1.82, 2.24) is 9.78 Å². The maximum atomic E-state index is 12.7. The molecule has 0 fully saturated rings. The first-order valence-electron chi connectivity index (χ1n) is 7.45. The number of aryl methyl sites for hydroxylation is 3. The Morgan fingerprint density at radius 1 is 1.32 bits per heavy atom. The molecule has 0 aliphatic carbocycles. The number of esters is 1. The average molecular weight is 406 g/mol. The number of rotatable bonds is 3. The molecule has 0 atom stereocenters. The summed E-state index contributed by atoms with van der Waals surface area (Å²) >= 11 is 3.38. The highest BCUT2D eigenvalue weighted by atomic mass is 79.9. The van der Waals surface area contributed by atoms with Crippen LogP contribution in [0.3, 0.4) is 0 Å². The molecule has 7 nitrogen and oxygen atoms in total. The normalized spacial score (nSPS) is 10.9. The molecule has 8 heteroatoms. The number of fused-ring (bicyclic) bond motifs is 1. The topological polar surface area (TPSA) is 86.4 Å². The molecule has 0 aliphatic rings. The fourth-order valence-electron chi connectivity index (χ4n) is 2.72. The van der Waals surface area contributed by atoms with Gasteiger partial charge < -0.3 is 14.5 Å². The van der Waals surface area contributed by atoms with Gasteiger partial charge in [0.2, 0.25) is 0 Å². The molecule has 0 aliphatic heterocycles. The molecule has 0 radical (unpaired) electrons. The van der Waals surface area contributed by atoms with Crippen LogP contribution >= 0.6 is 15.9 Å². The van der Waals surface area contributed by atoms with Crippen molar-refractivity contribution in [2.45, 2.75) is 13.8 Å². The number of anilines is 1. The van der Waals surface area contributed by atoms with E-state index in [-0.39, 0.29) is 11.5 Å². The third-order valence-electron chi connectivity index (χ3n) is 3.95. The van der Waals surface area contributed by atoms with Crippen LogP contribution in [-0.4, -0.2) is 28.8 Å². The monoisotopic (exact) mass is 405 g/mol. The van der Waals surface area contributed by atoms with Crippen LogP contribution in [0.5, 0.6) is 0 Å². The molecule has 0 unspecified atom stereocenters. The Bertz CT molecular complexity index is 1000. The van der Waals surface area contributed by atoms with Gasteiger partial charge in [-0.3, -0.25) is 9.48 Å². The van der Waals surface area contributed by atoms with Gasteiger partial charge in [-0.25, -0.2) is 4.79 Å². The number of carbonyl (C=O) groups is 2. The van der Waals surface area contributed by atoms with Crippen LogP contribution in [0.2, 0.25) is 0 Å². The number of aromatic nitrogens is 2. The summed E-state index contributed by atoms with van der Waals surface area (Å²) in [6.07, 6.45) is 0. The first-order valence-corrected chi connectivity index (χ1v) is 8.24. The highest BCUT2D eigenvalue weighted by molar-refractivity contribution is 9.10. The lowest BCUT2D eigenvalue weighted by Gasteiger charge is -2.06. The van der Waals surface area contributed by atoms with Crippen molar-refractivity contribution in [2.24, 2.45) is 7.05 Å². The molecule has 2 heterocycles. The van der Waals surface area contributed by atoms with Gasteiger partial charge in [-0.1, -0.05) is 15.9 Å². The van der Waals surface area contributed by atoms with Crippen LogP contribution in [0.4, 0.5) is 5.69 Å². The van der Waals surface area contributed by atoms with Gasteiger partial charge in [0.1, 0.15) is 5.58 Å². The number of ether oxygens (including phenoxy) is 1. The summed E-state index contributed by atoms with van der Waals surface area (Å²) in [6, 6.07) is 5.56. The van der Waals surface area contributed by atoms with E-state index in [1.54, 1.807) is 20.0 Å². The van der Waals surface area contributed by atoms with Gasteiger partial charge in [-0.15, -0.1) is 0 Å². The van der Waals surface area contributed by atoms with E-state index in [4.69, 9.17) is 9.15 Å². The Labute approximate surface area is 152 Å². The van der Waals surface area contributed by atoms with E-state index in [0.29, 0.717) is 17.0 Å². The number of benzene rings is 1. The standard InChI is InChI=1S/C17H16BrN3O4/c1-8-11-6-5-10(18)7-12(11)25-15(8)16(22)19-13-9(2)20-21(3)14(13)17(23)24-4/h5-7H,1-4H3,(H,19,22). The zero-order valence-electron chi connectivity index (χ0n) is 14.1. The van der Waals surface area contributed by atoms with E-state index >= 15 is 0 Å². The maximum Gasteiger partial charge on any atom is 0.358 e. The number of methoxy groups -OCH3 is 1. The second-order valence-electron chi connectivity index (χ2n) is 5.57. The number of hydrogen-bond acceptors (Lipinski definition) is 5. The largest absolute Gasteiger partial charge is 0.464 e. The quantitative estimate of drug-likeness (QED) is 0.672. The van der Waals surface area contributed by atoms with Crippen molar-refractivity contribution in [3.05, 3.63) is 45.4 Å². The van der Waals surface area contributed by atoms with E-state index in [1.165, 1.54) is 11.8 Å². The lowest BCUT2D eigenvalue weighted by molar-refractivity contribution is 0.0589. The number of nitrogens with zero attached hydrogens (tertiary/aromatic N) is 2. The van der Waals surface area contributed by atoms with Crippen molar-refractivity contribution in [3.8, 4) is 0 Å². The molecule has 0 saturated heterocycles. The van der Waals surface area contributed by atoms with Crippen LogP contribution in [0.1, 0.15) is 32.3 Å². The molecule has 25 heavy (non-hydrogen) atoms. The van der Waals surface area contributed by atoms with E-state index in [2.05, 4.69) is 26.3 Å². The lowest BCUT2D eigenvalue weighted by atomic mass is 10.1. The van der Waals surface area contributed by atoms with E-state index in [9.17, 15) is 9.59 Å². The Morgan fingerprint density at radius 2 is 2.04 bits per heavy atom. The molecule has 3 aromatic rings. The molecule has 3 rings (SSSR count). The minimum absolute atomic E-state index is 0.171. The van der Waals surface area contributed by atoms with Crippen LogP contribution in [0, 0.1) is 13.8 Å². The molecular formula is C17H16BrN3O4. The summed E-state index contributed by atoms with van der Waals surface area (Å²) in [7, 11) is 2.89. The minimum Gasteiger partial charge on any atom is -0.464 e. The second-order valence-corrected chi connectivity index (χ2v) is 6.49. The van der Waals surface area contributed by atoms with Gasteiger partial charge in [0.25, 0.3) is 5.91 Å². The predicted molar refractivity (Wildman–Crippen MR) is 95.9 cm³/mol. The van der Waals surface area contributed by atoms with Gasteiger partial charge in [0, 0.05) is 22.5 Å². The number of halogens is 1. The summed E-state index contributed by atoms with van der Waals surface area (Å²) in [4.78, 5) is 24.7. The van der Waals surface area contributed by atoms with E-state index in [1.807, 2.05) is 19.1 Å². The third kappa shape index (κ3) is 2.93. The first-order chi connectivity index (χ1) is 11.8. The van der Waals surface area contributed by atoms with E-state index < -0.39 is 11.9 Å². The Kier molecular flexibility index (Phi) is 4.38. The minimum atomic E-state index is -0.580. The van der Waals surface area contributed by atoms with Gasteiger partial charge in [0.15, 0.2) is 11.5 Å². The Hall–Kier alpha value is -2.61. The SMILES string of the molecule is COC(=O)c1c(NC(=O)c2oc3cc(Br)ccc3c2C)c(C)nn1C. The summed E-state index contributed by atoms with van der Waals surface area (Å²) in [5, 5.41) is 7.74. The predicted octanol–water partition coefficient (Wildman–Crippen LogP) is 3.58. The van der Waals surface area contributed by atoms with Crippen molar-refractivity contribution in [3.63, 3.8) is 0 Å². The highest BCUT2D eigenvalue weighted by Gasteiger charge is 2.25. The number of carbonyl (C=O) groups excluding carboxylic acids is 2. The fourth-order valence-corrected chi connectivity index (χ4v) is 3.06. The van der Waals surface area contributed by atoms with Crippen LogP contribution in [0.15, 0.2) is 27.1 Å². The highest BCUT2D eigenvalue weighted by Crippen LogP contribution is 2.29. The number of furan rings is 1. The summed E-state index contributed by atoms with van der Waals surface area (Å²) in [6.45, 7) is 3.51. The molecule has 1 N–H and O–H groups in total. The number of amides is 1. The zero-order chi connectivity index (χ0) is 18.3. The fraction of sp³-hybridized carbons (Fsp3) is 0.235. The van der Waals surface area contributed by atoms with Crippen molar-refractivity contribution in [1.29, 1.82) is 0 Å². The van der Waals surface area contributed by atoms with Gasteiger partial charge >= 0.3 is 5.97 Å².